The summed E-state index contributed by atoms with van der Waals surface area (Å²) in [5.74, 6) is -3.32. The molecule has 3 aliphatic rings. The van der Waals surface area contributed by atoms with E-state index in [1.54, 1.807) is 42.1 Å². The second-order valence-electron chi connectivity index (χ2n) is 13.7. The number of aliphatic carboxylic acids is 1. The molecule has 5 N–H and O–H groups in total. The molecular formula is C44H44N4O7S. The van der Waals surface area contributed by atoms with Crippen molar-refractivity contribution in [3.05, 3.63) is 143 Å². The van der Waals surface area contributed by atoms with E-state index >= 15 is 0 Å². The second kappa shape index (κ2) is 19.4. The molecule has 5 atom stereocenters. The first kappa shape index (κ1) is 39.6. The summed E-state index contributed by atoms with van der Waals surface area (Å²) in [4.78, 5) is 68.0. The molecule has 7 rings (SSSR count). The number of hydrogen-bond acceptors (Lipinski definition) is 7. The standard InChI is InChI=1S/C44H44N4O7S/c49-40-28-55-34-22-18-31(19-23-34)26-39(44(53)54)48-41(50)36(15-7-11-29-9-3-1-4-10-29)46-42(51)37(47-43(52)38(45-40)27-35-14-8-24-56-35)25-30-16-20-33(21-17-30)32-12-5-2-6-13-32/h1-13,16-24,35-39H,14-15,25-28H2,(H,45,49)(H,46,51)(H,47,52)(H,48,50)(H,53,54)/b11-7+/t35?,36-,37+,38-,39+/m1/s1. The van der Waals surface area contributed by atoms with Gasteiger partial charge in [0.15, 0.2) is 6.61 Å². The van der Waals surface area contributed by atoms with E-state index in [2.05, 4.69) is 21.3 Å². The number of amides is 4. The fraction of sp³-hybridized carbons (Fsp3) is 0.250. The van der Waals surface area contributed by atoms with Crippen molar-refractivity contribution < 1.29 is 33.8 Å². The van der Waals surface area contributed by atoms with Crippen molar-refractivity contribution in [1.29, 1.82) is 0 Å². The van der Waals surface area contributed by atoms with Crippen LogP contribution in [0.3, 0.4) is 0 Å². The minimum Gasteiger partial charge on any atom is -0.484 e. The average Bonchev–Trinajstić information content (AvgIpc) is 3.73. The Kier molecular flexibility index (Phi) is 13.7. The Balaban J connectivity index is 1.32. The number of fused-ring (bicyclic) bond motifs is 16. The summed E-state index contributed by atoms with van der Waals surface area (Å²) in [6, 6.07) is 28.7. The van der Waals surface area contributed by atoms with Crippen molar-refractivity contribution >= 4 is 47.4 Å². The van der Waals surface area contributed by atoms with Crippen LogP contribution < -0.4 is 26.0 Å². The van der Waals surface area contributed by atoms with Gasteiger partial charge in [0, 0.05) is 18.1 Å². The van der Waals surface area contributed by atoms with Crippen LogP contribution in [-0.2, 0) is 36.8 Å². The molecule has 12 heteroatoms. The molecule has 3 aliphatic heterocycles. The van der Waals surface area contributed by atoms with Gasteiger partial charge in [-0.3, -0.25) is 19.2 Å². The summed E-state index contributed by atoms with van der Waals surface area (Å²) < 4.78 is 5.71. The lowest BCUT2D eigenvalue weighted by Gasteiger charge is -2.26. The van der Waals surface area contributed by atoms with Gasteiger partial charge in [0.1, 0.15) is 29.9 Å². The monoisotopic (exact) mass is 772 g/mol. The van der Waals surface area contributed by atoms with E-state index in [1.165, 1.54) is 0 Å². The smallest absolute Gasteiger partial charge is 0.326 e. The molecular weight excluding hydrogens is 729 g/mol. The first-order valence-corrected chi connectivity index (χ1v) is 19.5. The number of hydrogen-bond donors (Lipinski definition) is 5. The normalized spacial score (nSPS) is 22.2. The number of carboxylic acid groups (broad SMARTS) is 1. The molecule has 0 radical (unpaired) electrons. The summed E-state index contributed by atoms with van der Waals surface area (Å²) in [6.45, 7) is -0.372. The van der Waals surface area contributed by atoms with Gasteiger partial charge in [-0.05, 0) is 64.6 Å². The highest BCUT2D eigenvalue weighted by Gasteiger charge is 2.33. The highest BCUT2D eigenvalue weighted by atomic mass is 32.2. The van der Waals surface area contributed by atoms with Gasteiger partial charge in [-0.2, -0.15) is 0 Å². The third-order valence-electron chi connectivity index (χ3n) is 9.51. The van der Waals surface area contributed by atoms with Crippen LogP contribution in [0, 0.1) is 0 Å². The van der Waals surface area contributed by atoms with E-state index in [1.807, 2.05) is 102 Å². The van der Waals surface area contributed by atoms with Crippen molar-refractivity contribution in [3.63, 3.8) is 0 Å². The zero-order valence-corrected chi connectivity index (χ0v) is 31.5. The maximum absolute atomic E-state index is 14.3. The number of benzene rings is 4. The molecule has 4 amide bonds. The molecule has 0 saturated heterocycles. The number of carbonyl (C=O) groups is 5. The molecule has 0 aromatic heterocycles. The van der Waals surface area contributed by atoms with Crippen molar-refractivity contribution in [1.82, 2.24) is 21.3 Å². The van der Waals surface area contributed by atoms with E-state index in [4.69, 9.17) is 4.74 Å². The Morgan fingerprint density at radius 1 is 0.732 bits per heavy atom. The zero-order valence-electron chi connectivity index (χ0n) is 30.6. The number of thioether (sulfide) groups is 1. The molecule has 0 saturated carbocycles. The number of carbonyl (C=O) groups excluding carboxylic acids is 4. The van der Waals surface area contributed by atoms with E-state index in [9.17, 15) is 29.1 Å². The lowest BCUT2D eigenvalue weighted by Crippen LogP contribution is -2.58. The molecule has 288 valence electrons. The van der Waals surface area contributed by atoms with Gasteiger partial charge in [0.05, 0.1) is 0 Å². The Hall–Kier alpha value is -6.14. The van der Waals surface area contributed by atoms with Gasteiger partial charge in [-0.1, -0.05) is 115 Å². The van der Waals surface area contributed by atoms with Gasteiger partial charge in [0.25, 0.3) is 5.91 Å². The largest absolute Gasteiger partial charge is 0.484 e. The Bertz CT molecular complexity index is 2030. The van der Waals surface area contributed by atoms with Gasteiger partial charge in [-0.25, -0.2) is 4.79 Å². The number of rotatable bonds is 9. The summed E-state index contributed by atoms with van der Waals surface area (Å²) in [5.41, 5.74) is 4.22. The molecule has 56 heavy (non-hydrogen) atoms. The predicted molar refractivity (Wildman–Crippen MR) is 216 cm³/mol. The van der Waals surface area contributed by atoms with E-state index < -0.39 is 53.8 Å². The van der Waals surface area contributed by atoms with Crippen LogP contribution in [0.4, 0.5) is 0 Å². The summed E-state index contributed by atoms with van der Waals surface area (Å²) in [6.07, 6.45) is 6.62. The van der Waals surface area contributed by atoms with Gasteiger partial charge in [0.2, 0.25) is 17.7 Å². The number of carboxylic acids is 1. The van der Waals surface area contributed by atoms with Gasteiger partial charge in [-0.15, -0.1) is 11.8 Å². The Morgan fingerprint density at radius 2 is 1.38 bits per heavy atom. The first-order chi connectivity index (χ1) is 27.2. The molecule has 4 aromatic carbocycles. The molecule has 4 aromatic rings. The van der Waals surface area contributed by atoms with Crippen LogP contribution >= 0.6 is 11.8 Å². The zero-order chi connectivity index (χ0) is 39.3. The Morgan fingerprint density at radius 3 is 2.05 bits per heavy atom. The summed E-state index contributed by atoms with van der Waals surface area (Å²) in [7, 11) is 0. The molecule has 11 nitrogen and oxygen atoms in total. The topological polar surface area (TPSA) is 163 Å². The number of allylic oxidation sites excluding steroid dienone is 1. The van der Waals surface area contributed by atoms with E-state index in [-0.39, 0.29) is 31.1 Å². The van der Waals surface area contributed by atoms with Crippen LogP contribution in [-0.4, -0.2) is 70.7 Å². The van der Waals surface area contributed by atoms with Crippen LogP contribution in [0.25, 0.3) is 17.2 Å². The minimum atomic E-state index is -1.32. The maximum Gasteiger partial charge on any atom is 0.326 e. The Labute approximate surface area is 330 Å². The fourth-order valence-electron chi connectivity index (χ4n) is 6.48. The van der Waals surface area contributed by atoms with Crippen LogP contribution in [0.5, 0.6) is 5.75 Å². The first-order valence-electron chi connectivity index (χ1n) is 18.5. The SMILES string of the molecule is O=C1COc2ccc(cc2)C[C@@H](C(=O)O)NC(=O)[C@@H](C/C=C/c2ccccc2)NC(=O)[C@H](Cc2ccc(-c3ccccc3)cc2)NC(=O)[C@@H](CC2CC=CS2)N1. The van der Waals surface area contributed by atoms with E-state index in [0.717, 1.165) is 28.7 Å². The highest BCUT2D eigenvalue weighted by molar-refractivity contribution is 8.03. The number of ether oxygens (including phenoxy) is 1. The highest BCUT2D eigenvalue weighted by Crippen LogP contribution is 2.28. The summed E-state index contributed by atoms with van der Waals surface area (Å²) in [5, 5.41) is 23.2. The second-order valence-corrected chi connectivity index (χ2v) is 14.9. The average molecular weight is 773 g/mol. The molecule has 0 spiro atoms. The lowest BCUT2D eigenvalue weighted by molar-refractivity contribution is -0.142. The minimum absolute atomic E-state index is 0.0296. The predicted octanol–water partition coefficient (Wildman–Crippen LogP) is 5.07. The lowest BCUT2D eigenvalue weighted by atomic mass is 9.99. The van der Waals surface area contributed by atoms with Crippen LogP contribution in [0.2, 0.25) is 0 Å². The third kappa shape index (κ3) is 11.4. The van der Waals surface area contributed by atoms with Crippen molar-refractivity contribution in [2.75, 3.05) is 6.61 Å². The quantitative estimate of drug-likeness (QED) is 0.148. The maximum atomic E-state index is 14.3. The summed E-state index contributed by atoms with van der Waals surface area (Å²) >= 11 is 1.57. The molecule has 1 unspecified atom stereocenters. The van der Waals surface area contributed by atoms with Gasteiger partial charge < -0.3 is 31.1 Å². The molecule has 0 aliphatic carbocycles. The fourth-order valence-corrected chi connectivity index (χ4v) is 7.45. The van der Waals surface area contributed by atoms with Crippen molar-refractivity contribution in [2.24, 2.45) is 0 Å². The molecule has 0 fully saturated rings. The van der Waals surface area contributed by atoms with Crippen LogP contribution in [0.1, 0.15) is 36.0 Å². The molecule has 3 heterocycles. The van der Waals surface area contributed by atoms with Crippen LogP contribution in [0.15, 0.2) is 127 Å². The van der Waals surface area contributed by atoms with E-state index in [0.29, 0.717) is 17.7 Å². The van der Waals surface area contributed by atoms with Crippen molar-refractivity contribution in [3.8, 4) is 16.9 Å². The van der Waals surface area contributed by atoms with Gasteiger partial charge >= 0.3 is 5.97 Å². The third-order valence-corrected chi connectivity index (χ3v) is 10.6. The molecule has 2 bridgehead atoms. The number of nitrogens with one attached hydrogen (secondary N) is 4. The van der Waals surface area contributed by atoms with Crippen molar-refractivity contribution in [2.45, 2.75) is 61.5 Å².